The minimum atomic E-state index is -3.98. The van der Waals surface area contributed by atoms with Crippen LogP contribution in [0.4, 0.5) is 5.69 Å². The van der Waals surface area contributed by atoms with Crippen LogP contribution in [0.3, 0.4) is 0 Å². The molecular weight excluding hydrogens is 376 g/mol. The number of hydrogen-bond acceptors (Lipinski definition) is 9. The van der Waals surface area contributed by atoms with Gasteiger partial charge in [-0.25, -0.2) is 13.4 Å². The summed E-state index contributed by atoms with van der Waals surface area (Å²) in [6.45, 7) is 0.187. The third-order valence-corrected chi connectivity index (χ3v) is 5.99. The van der Waals surface area contributed by atoms with Gasteiger partial charge in [-0.2, -0.15) is 9.29 Å². The van der Waals surface area contributed by atoms with Crippen LogP contribution in [-0.2, 0) is 10.0 Å². The second kappa shape index (κ2) is 6.48. The summed E-state index contributed by atoms with van der Waals surface area (Å²) in [5.74, 6) is 0.253. The highest BCUT2D eigenvalue weighted by molar-refractivity contribution is 7.89. The Kier molecular flexibility index (Phi) is 4.12. The van der Waals surface area contributed by atoms with Crippen LogP contribution in [0.1, 0.15) is 11.8 Å². The first-order valence-electron chi connectivity index (χ1n) is 7.80. The first kappa shape index (κ1) is 17.2. The van der Waals surface area contributed by atoms with Gasteiger partial charge in [0.15, 0.2) is 4.90 Å². The zero-order valence-corrected chi connectivity index (χ0v) is 14.5. The largest absolute Gasteiger partial charge is 0.339 e. The third-order valence-electron chi connectivity index (χ3n) is 4.11. The van der Waals surface area contributed by atoms with Crippen molar-refractivity contribution in [2.24, 2.45) is 0 Å². The summed E-state index contributed by atoms with van der Waals surface area (Å²) in [6, 6.07) is 5.25. The number of aromatic nitrogens is 4. The summed E-state index contributed by atoms with van der Waals surface area (Å²) < 4.78 is 31.7. The van der Waals surface area contributed by atoms with E-state index in [-0.39, 0.29) is 35.6 Å². The number of hydrogen-bond donors (Lipinski definition) is 0. The molecular formula is C15H12N6O5S. The first-order valence-corrected chi connectivity index (χ1v) is 9.24. The molecule has 0 aliphatic carbocycles. The second-order valence-electron chi connectivity index (χ2n) is 5.79. The second-order valence-corrected chi connectivity index (χ2v) is 7.70. The number of rotatable bonds is 5. The zero-order chi connectivity index (χ0) is 19.0. The predicted octanol–water partition coefficient (Wildman–Crippen LogP) is 1.22. The van der Waals surface area contributed by atoms with Gasteiger partial charge in [0.1, 0.15) is 5.69 Å². The minimum absolute atomic E-state index is 0.0937. The van der Waals surface area contributed by atoms with Gasteiger partial charge in [0, 0.05) is 31.5 Å². The van der Waals surface area contributed by atoms with Crippen molar-refractivity contribution in [3.63, 3.8) is 0 Å². The van der Waals surface area contributed by atoms with Crippen molar-refractivity contribution in [1.29, 1.82) is 0 Å². The molecule has 0 amide bonds. The molecule has 1 aliphatic rings. The highest BCUT2D eigenvalue weighted by atomic mass is 32.2. The lowest BCUT2D eigenvalue weighted by atomic mass is 10.0. The molecule has 1 fully saturated rings. The molecule has 1 saturated heterocycles. The fourth-order valence-corrected chi connectivity index (χ4v) is 4.36. The number of nitrogens with zero attached hydrogens (tertiary/aromatic N) is 6. The summed E-state index contributed by atoms with van der Waals surface area (Å²) in [7, 11) is -3.98. The zero-order valence-electron chi connectivity index (χ0n) is 13.7. The van der Waals surface area contributed by atoms with Crippen LogP contribution in [0.25, 0.3) is 11.5 Å². The van der Waals surface area contributed by atoms with Crippen molar-refractivity contribution in [2.45, 2.75) is 10.8 Å². The van der Waals surface area contributed by atoms with Crippen LogP contribution in [0.2, 0.25) is 0 Å². The lowest BCUT2D eigenvalue weighted by Crippen LogP contribution is -2.48. The van der Waals surface area contributed by atoms with Crippen LogP contribution in [-0.4, -0.2) is 50.8 Å². The van der Waals surface area contributed by atoms with Crippen LogP contribution in [0.5, 0.6) is 0 Å². The average Bonchev–Trinajstić information content (AvgIpc) is 3.10. The molecule has 0 bridgehead atoms. The molecule has 1 aromatic carbocycles. The molecule has 12 heteroatoms. The number of benzene rings is 1. The molecule has 3 heterocycles. The molecule has 11 nitrogen and oxygen atoms in total. The average molecular weight is 388 g/mol. The molecule has 2 aromatic heterocycles. The summed E-state index contributed by atoms with van der Waals surface area (Å²) >= 11 is 0. The molecule has 0 atom stereocenters. The Morgan fingerprint density at radius 2 is 2.00 bits per heavy atom. The quantitative estimate of drug-likeness (QED) is 0.465. The van der Waals surface area contributed by atoms with Gasteiger partial charge < -0.3 is 4.52 Å². The summed E-state index contributed by atoms with van der Waals surface area (Å²) in [5.41, 5.74) is -0.0140. The highest BCUT2D eigenvalue weighted by Gasteiger charge is 2.42. The Morgan fingerprint density at radius 1 is 1.22 bits per heavy atom. The van der Waals surface area contributed by atoms with Crippen molar-refractivity contribution in [1.82, 2.24) is 24.4 Å². The van der Waals surface area contributed by atoms with E-state index in [1.54, 1.807) is 0 Å². The van der Waals surface area contributed by atoms with E-state index in [4.69, 9.17) is 4.52 Å². The molecule has 0 saturated carbocycles. The fraction of sp³-hybridized carbons (Fsp3) is 0.200. The number of sulfonamides is 1. The molecule has 1 aliphatic heterocycles. The number of nitro groups is 1. The maximum atomic E-state index is 12.7. The molecule has 0 radical (unpaired) electrons. The van der Waals surface area contributed by atoms with Gasteiger partial charge in [-0.05, 0) is 6.07 Å². The van der Waals surface area contributed by atoms with Gasteiger partial charge >= 0.3 is 0 Å². The van der Waals surface area contributed by atoms with Crippen molar-refractivity contribution in [3.8, 4) is 11.5 Å². The van der Waals surface area contributed by atoms with Crippen LogP contribution >= 0.6 is 0 Å². The molecule has 27 heavy (non-hydrogen) atoms. The van der Waals surface area contributed by atoms with Crippen molar-refractivity contribution in [2.75, 3.05) is 13.1 Å². The first-order chi connectivity index (χ1) is 13.0. The normalized spacial score (nSPS) is 15.4. The minimum Gasteiger partial charge on any atom is -0.339 e. The number of para-hydroxylation sites is 1. The van der Waals surface area contributed by atoms with E-state index < -0.39 is 20.6 Å². The lowest BCUT2D eigenvalue weighted by molar-refractivity contribution is -0.387. The van der Waals surface area contributed by atoms with E-state index in [2.05, 4.69) is 20.1 Å². The standard InChI is InChI=1S/C15H12N6O5S/c22-21(23)12-3-1-2-4-13(12)27(24,25)20-8-10(9-20)15-18-14(19-26-15)11-7-16-5-6-17-11/h1-7,10H,8-9H2. The van der Waals surface area contributed by atoms with E-state index in [0.717, 1.165) is 10.4 Å². The fourth-order valence-electron chi connectivity index (χ4n) is 2.68. The summed E-state index contributed by atoms with van der Waals surface area (Å²) in [5, 5.41) is 14.9. The van der Waals surface area contributed by atoms with Crippen LogP contribution < -0.4 is 0 Å². The molecule has 0 unspecified atom stereocenters. The molecule has 4 rings (SSSR count). The van der Waals surface area contributed by atoms with Gasteiger partial charge in [0.05, 0.1) is 17.0 Å². The van der Waals surface area contributed by atoms with Gasteiger partial charge in [0.2, 0.25) is 21.7 Å². The third kappa shape index (κ3) is 3.04. The highest BCUT2D eigenvalue weighted by Crippen LogP contribution is 2.34. The summed E-state index contributed by atoms with van der Waals surface area (Å²) in [6.07, 6.45) is 4.50. The SMILES string of the molecule is O=[N+]([O-])c1ccccc1S(=O)(=O)N1CC(c2nc(-c3cnccn3)no2)C1. The number of nitro benzene ring substituents is 1. The Labute approximate surface area is 152 Å². The van der Waals surface area contributed by atoms with Crippen molar-refractivity contribution >= 4 is 15.7 Å². The lowest BCUT2D eigenvalue weighted by Gasteiger charge is -2.35. The maximum Gasteiger partial charge on any atom is 0.289 e. The predicted molar refractivity (Wildman–Crippen MR) is 89.9 cm³/mol. The Bertz CT molecular complexity index is 1090. The van der Waals surface area contributed by atoms with E-state index in [1.165, 1.54) is 36.8 Å². The van der Waals surface area contributed by atoms with E-state index in [1.807, 2.05) is 0 Å². The Morgan fingerprint density at radius 3 is 2.70 bits per heavy atom. The van der Waals surface area contributed by atoms with Gasteiger partial charge in [-0.15, -0.1) is 0 Å². The Hall–Kier alpha value is -3.25. The van der Waals surface area contributed by atoms with E-state index >= 15 is 0 Å². The van der Waals surface area contributed by atoms with Gasteiger partial charge in [0.25, 0.3) is 5.69 Å². The molecule has 138 valence electrons. The topological polar surface area (TPSA) is 145 Å². The van der Waals surface area contributed by atoms with Crippen molar-refractivity contribution < 1.29 is 17.9 Å². The van der Waals surface area contributed by atoms with Crippen LogP contribution in [0.15, 0.2) is 52.3 Å². The van der Waals surface area contributed by atoms with Gasteiger partial charge in [-0.3, -0.25) is 15.1 Å². The molecule has 0 N–H and O–H groups in total. The molecule has 0 spiro atoms. The van der Waals surface area contributed by atoms with Gasteiger partial charge in [-0.1, -0.05) is 17.3 Å². The molecule has 3 aromatic rings. The Balaban J connectivity index is 1.51. The smallest absolute Gasteiger partial charge is 0.289 e. The van der Waals surface area contributed by atoms with E-state index in [0.29, 0.717) is 5.69 Å². The van der Waals surface area contributed by atoms with Crippen molar-refractivity contribution in [3.05, 3.63) is 58.9 Å². The summed E-state index contributed by atoms with van der Waals surface area (Å²) in [4.78, 5) is 22.3. The maximum absolute atomic E-state index is 12.7. The monoisotopic (exact) mass is 388 g/mol. The van der Waals surface area contributed by atoms with Crippen LogP contribution in [0, 0.1) is 10.1 Å². The van der Waals surface area contributed by atoms with E-state index in [9.17, 15) is 18.5 Å².